The number of fused-ring (bicyclic) bond motifs is 5. The quantitative estimate of drug-likeness (QED) is 0.590. The molecule has 0 radical (unpaired) electrons. The zero-order valence-corrected chi connectivity index (χ0v) is 20.7. The molecule has 3 saturated carbocycles. The lowest BCUT2D eigenvalue weighted by Crippen LogP contribution is -2.64. The van der Waals surface area contributed by atoms with Crippen LogP contribution in [-0.2, 0) is 19.1 Å². The maximum absolute atomic E-state index is 15.6. The number of alkyl halides is 1. The molecule has 0 aromatic rings. The largest absolute Gasteiger partial charge is 0.450 e. The Morgan fingerprint density at radius 3 is 2.56 bits per heavy atom. The molecule has 6 nitrogen and oxygen atoms in total. The van der Waals surface area contributed by atoms with Gasteiger partial charge in [0.05, 0.1) is 6.10 Å². The monoisotopic (exact) mass is 476 g/mol. The molecule has 7 heteroatoms. The molecule has 9 atom stereocenters. The van der Waals surface area contributed by atoms with E-state index < -0.39 is 53.0 Å². The van der Waals surface area contributed by atoms with Crippen molar-refractivity contribution >= 4 is 17.5 Å². The molecule has 0 saturated heterocycles. The Morgan fingerprint density at radius 2 is 1.94 bits per heavy atom. The van der Waals surface area contributed by atoms with Crippen molar-refractivity contribution in [2.24, 2.45) is 40.4 Å². The smallest absolute Gasteiger partial charge is 0.307 e. The van der Waals surface area contributed by atoms with Gasteiger partial charge in [0.25, 0.3) is 0 Å². The summed E-state index contributed by atoms with van der Waals surface area (Å²) in [5.74, 6) is -2.46. The van der Waals surface area contributed by atoms with E-state index in [1.165, 1.54) is 12.2 Å². The zero-order chi connectivity index (χ0) is 25.2. The highest BCUT2D eigenvalue weighted by Gasteiger charge is 2.73. The number of halogens is 1. The average Bonchev–Trinajstić information content (AvgIpc) is 2.95. The van der Waals surface area contributed by atoms with Crippen molar-refractivity contribution in [1.29, 1.82) is 0 Å². The summed E-state index contributed by atoms with van der Waals surface area (Å²) in [4.78, 5) is 38.2. The number of ketones is 2. The van der Waals surface area contributed by atoms with Crippen molar-refractivity contribution in [3.05, 3.63) is 23.8 Å². The van der Waals surface area contributed by atoms with E-state index in [0.29, 0.717) is 12.0 Å². The summed E-state index contributed by atoms with van der Waals surface area (Å²) in [6.45, 7) is 8.59. The van der Waals surface area contributed by atoms with Crippen LogP contribution in [0.25, 0.3) is 0 Å². The summed E-state index contributed by atoms with van der Waals surface area (Å²) in [6, 6.07) is 0. The van der Waals surface area contributed by atoms with Gasteiger partial charge in [-0.15, -0.1) is 0 Å². The van der Waals surface area contributed by atoms with Gasteiger partial charge in [0.1, 0.15) is 12.8 Å². The lowest BCUT2D eigenvalue weighted by Gasteiger charge is -2.60. The number of aliphatic hydroxyl groups excluding tert-OH is 2. The van der Waals surface area contributed by atoms with Gasteiger partial charge < -0.3 is 14.9 Å². The predicted molar refractivity (Wildman–Crippen MR) is 123 cm³/mol. The Labute approximate surface area is 200 Å². The van der Waals surface area contributed by atoms with Crippen LogP contribution in [0, 0.1) is 40.4 Å². The molecule has 0 aromatic heterocycles. The zero-order valence-electron chi connectivity index (χ0n) is 20.7. The van der Waals surface area contributed by atoms with Crippen LogP contribution in [0.15, 0.2) is 23.8 Å². The number of hydrogen-bond donors (Lipinski definition) is 2. The minimum absolute atomic E-state index is 0.0343. The number of carbonyl (C=O) groups excluding carboxylic acids is 3. The van der Waals surface area contributed by atoms with Gasteiger partial charge in [-0.2, -0.15) is 0 Å². The summed E-state index contributed by atoms with van der Waals surface area (Å²) < 4.78 is 21.6. The van der Waals surface area contributed by atoms with Gasteiger partial charge >= 0.3 is 5.97 Å². The Balaban J connectivity index is 1.79. The van der Waals surface area contributed by atoms with Gasteiger partial charge in [0, 0.05) is 29.1 Å². The number of rotatable bonds is 5. The minimum atomic E-state index is -1.58. The van der Waals surface area contributed by atoms with Crippen molar-refractivity contribution in [2.75, 3.05) is 6.61 Å². The van der Waals surface area contributed by atoms with Crippen LogP contribution in [0.5, 0.6) is 0 Å². The van der Waals surface area contributed by atoms with E-state index in [2.05, 4.69) is 0 Å². The number of allylic oxidation sites excluding steroid dienone is 4. The second-order valence-electron chi connectivity index (χ2n) is 11.8. The molecule has 4 rings (SSSR count). The summed E-state index contributed by atoms with van der Waals surface area (Å²) in [6.07, 6.45) is 3.30. The van der Waals surface area contributed by atoms with Crippen molar-refractivity contribution in [3.8, 4) is 0 Å². The van der Waals surface area contributed by atoms with E-state index in [-0.39, 0.29) is 48.7 Å². The molecule has 4 aliphatic rings. The molecule has 0 amide bonds. The van der Waals surface area contributed by atoms with Crippen molar-refractivity contribution in [1.82, 2.24) is 0 Å². The molecule has 3 fully saturated rings. The first-order chi connectivity index (χ1) is 15.8. The topological polar surface area (TPSA) is 101 Å². The van der Waals surface area contributed by atoms with Gasteiger partial charge in [-0.1, -0.05) is 40.7 Å². The molecular formula is C27H37FO6. The number of hydrogen-bond acceptors (Lipinski definition) is 6. The number of aliphatic hydroxyl groups is 2. The molecule has 0 aromatic carbocycles. The third-order valence-corrected chi connectivity index (χ3v) is 9.42. The third kappa shape index (κ3) is 3.37. The van der Waals surface area contributed by atoms with Gasteiger partial charge in [0.2, 0.25) is 5.78 Å². The Bertz CT molecular complexity index is 955. The van der Waals surface area contributed by atoms with E-state index in [4.69, 9.17) is 4.74 Å². The molecular weight excluding hydrogens is 439 g/mol. The Morgan fingerprint density at radius 1 is 1.26 bits per heavy atom. The summed E-state index contributed by atoms with van der Waals surface area (Å²) in [7, 11) is 0. The first-order valence-corrected chi connectivity index (χ1v) is 12.4. The van der Waals surface area contributed by atoms with Crippen LogP contribution in [0.3, 0.4) is 0 Å². The third-order valence-electron chi connectivity index (χ3n) is 9.42. The normalized spacial score (nSPS) is 45.3. The maximum atomic E-state index is 15.6. The highest BCUT2D eigenvalue weighted by atomic mass is 19.1. The fourth-order valence-corrected chi connectivity index (χ4v) is 8.19. The molecule has 2 unspecified atom stereocenters. The Hall–Kier alpha value is -1.86. The standard InChI is InChI=1S/C27H37FO6/c1-14(2)8-23(33)34-27(22(32)13-29)15(3)9-18-17-11-20(28)19-10-16(30)6-7-25(19,4)24(17)21(31)12-26(18,27)5/h6-7,10,14-15,17-18,20-21,24,29,31H,8-9,11-13H2,1-5H3/t15?,17-,18-,20?,21-,24+,25-,26-,27+/m0/s1. The van der Waals surface area contributed by atoms with Crippen molar-refractivity contribution < 1.29 is 33.7 Å². The van der Waals surface area contributed by atoms with E-state index in [1.54, 1.807) is 6.08 Å². The summed E-state index contributed by atoms with van der Waals surface area (Å²) in [5.41, 5.74) is -2.92. The SMILES string of the molecule is CC(C)CC(=O)O[C@@]1(C(=O)CO)C(C)C[C@H]2[C@@H]3CC(F)C4=CC(=O)C=C[C@]4(C)[C@H]3[C@@H](O)C[C@@]21C. The lowest BCUT2D eigenvalue weighted by atomic mass is 9.46. The minimum Gasteiger partial charge on any atom is -0.450 e. The van der Waals surface area contributed by atoms with Crippen LogP contribution in [0.1, 0.15) is 60.3 Å². The molecule has 0 spiro atoms. The van der Waals surface area contributed by atoms with Gasteiger partial charge in [0.15, 0.2) is 11.4 Å². The number of Topliss-reactive ketones (excluding diaryl/α,β-unsaturated/α-hetero) is 1. The highest BCUT2D eigenvalue weighted by Crippen LogP contribution is 2.69. The van der Waals surface area contributed by atoms with Crippen LogP contribution < -0.4 is 0 Å². The molecule has 0 bridgehead atoms. The van der Waals surface area contributed by atoms with E-state index in [1.807, 2.05) is 34.6 Å². The number of carbonyl (C=O) groups is 3. The Kier molecular flexibility index (Phi) is 6.21. The maximum Gasteiger partial charge on any atom is 0.307 e. The molecule has 0 heterocycles. The number of ether oxygens (including phenoxy) is 1. The summed E-state index contributed by atoms with van der Waals surface area (Å²) in [5, 5.41) is 21.5. The van der Waals surface area contributed by atoms with Crippen LogP contribution in [0.4, 0.5) is 4.39 Å². The van der Waals surface area contributed by atoms with E-state index >= 15 is 4.39 Å². The first kappa shape index (κ1) is 25.2. The number of esters is 1. The molecule has 188 valence electrons. The van der Waals surface area contributed by atoms with Crippen molar-refractivity contribution in [3.63, 3.8) is 0 Å². The molecule has 34 heavy (non-hydrogen) atoms. The van der Waals surface area contributed by atoms with Crippen LogP contribution >= 0.6 is 0 Å². The van der Waals surface area contributed by atoms with E-state index in [0.717, 1.165) is 0 Å². The van der Waals surface area contributed by atoms with Crippen LogP contribution in [0.2, 0.25) is 0 Å². The average molecular weight is 477 g/mol. The molecule has 0 aliphatic heterocycles. The fourth-order valence-electron chi connectivity index (χ4n) is 8.19. The highest BCUT2D eigenvalue weighted by molar-refractivity contribution is 6.01. The van der Waals surface area contributed by atoms with Crippen molar-refractivity contribution in [2.45, 2.75) is 78.2 Å². The summed E-state index contributed by atoms with van der Waals surface area (Å²) >= 11 is 0. The second kappa shape index (κ2) is 8.37. The molecule has 2 N–H and O–H groups in total. The van der Waals surface area contributed by atoms with Crippen LogP contribution in [-0.4, -0.2) is 52.2 Å². The van der Waals surface area contributed by atoms with E-state index in [9.17, 15) is 24.6 Å². The second-order valence-corrected chi connectivity index (χ2v) is 11.8. The first-order valence-electron chi connectivity index (χ1n) is 12.4. The predicted octanol–water partition coefficient (Wildman–Crippen LogP) is 3.35. The van der Waals surface area contributed by atoms with Gasteiger partial charge in [-0.3, -0.25) is 14.4 Å². The van der Waals surface area contributed by atoms with Gasteiger partial charge in [-0.05, 0) is 54.7 Å². The molecule has 4 aliphatic carbocycles. The lowest BCUT2D eigenvalue weighted by molar-refractivity contribution is -0.207. The fraction of sp³-hybridized carbons (Fsp3) is 0.741. The van der Waals surface area contributed by atoms with Gasteiger partial charge in [-0.25, -0.2) is 4.39 Å².